The van der Waals surface area contributed by atoms with E-state index >= 15 is 0 Å². The zero-order valence-corrected chi connectivity index (χ0v) is 10.4. The first-order valence-electron chi connectivity index (χ1n) is 5.60. The lowest BCUT2D eigenvalue weighted by Crippen LogP contribution is -2.27. The molecule has 0 spiro atoms. The van der Waals surface area contributed by atoms with Crippen LogP contribution in [0, 0.1) is 17.2 Å². The fourth-order valence-corrected chi connectivity index (χ4v) is 2.54. The van der Waals surface area contributed by atoms with E-state index in [1.54, 1.807) is 18.2 Å². The first-order chi connectivity index (χ1) is 7.42. The fraction of sp³-hybridized carbons (Fsp3) is 0.538. The van der Waals surface area contributed by atoms with E-state index in [2.05, 4.69) is 13.8 Å². The van der Waals surface area contributed by atoms with Gasteiger partial charge in [0.25, 0.3) is 0 Å². The predicted octanol–water partition coefficient (Wildman–Crippen LogP) is 3.40. The summed E-state index contributed by atoms with van der Waals surface area (Å²) in [4.78, 5) is 0. The van der Waals surface area contributed by atoms with E-state index in [1.807, 2.05) is 0 Å². The molecular weight excluding hydrogens is 225 g/mol. The molecule has 2 rings (SSSR count). The van der Waals surface area contributed by atoms with Crippen molar-refractivity contribution in [2.45, 2.75) is 32.7 Å². The van der Waals surface area contributed by atoms with Crippen molar-refractivity contribution >= 4 is 11.6 Å². The third-order valence-electron chi connectivity index (χ3n) is 3.59. The molecule has 1 aliphatic carbocycles. The van der Waals surface area contributed by atoms with Crippen LogP contribution in [-0.4, -0.2) is 6.04 Å². The quantitative estimate of drug-likeness (QED) is 0.863. The Morgan fingerprint density at radius 2 is 2.19 bits per heavy atom. The van der Waals surface area contributed by atoms with Gasteiger partial charge in [-0.1, -0.05) is 37.6 Å². The van der Waals surface area contributed by atoms with Crippen molar-refractivity contribution < 1.29 is 4.39 Å². The molecule has 1 aliphatic rings. The van der Waals surface area contributed by atoms with Gasteiger partial charge in [0.15, 0.2) is 0 Å². The minimum Gasteiger partial charge on any atom is -0.327 e. The summed E-state index contributed by atoms with van der Waals surface area (Å²) < 4.78 is 13.7. The third-order valence-corrected chi connectivity index (χ3v) is 3.89. The van der Waals surface area contributed by atoms with Gasteiger partial charge in [-0.25, -0.2) is 4.39 Å². The van der Waals surface area contributed by atoms with Crippen LogP contribution in [0.2, 0.25) is 5.02 Å². The highest BCUT2D eigenvalue weighted by Gasteiger charge is 2.48. The van der Waals surface area contributed by atoms with Crippen LogP contribution in [0.25, 0.3) is 0 Å². The summed E-state index contributed by atoms with van der Waals surface area (Å²) in [6.45, 7) is 4.40. The van der Waals surface area contributed by atoms with E-state index in [-0.39, 0.29) is 16.9 Å². The van der Waals surface area contributed by atoms with Gasteiger partial charge in [-0.3, -0.25) is 0 Å². The monoisotopic (exact) mass is 241 g/mol. The van der Waals surface area contributed by atoms with Gasteiger partial charge in [-0.15, -0.1) is 0 Å². The summed E-state index contributed by atoms with van der Waals surface area (Å²) >= 11 is 5.73. The second-order valence-corrected chi connectivity index (χ2v) is 5.79. The third kappa shape index (κ3) is 2.23. The van der Waals surface area contributed by atoms with Crippen LogP contribution in [-0.2, 0) is 6.42 Å². The Bertz CT molecular complexity index is 403. The van der Waals surface area contributed by atoms with Crippen LogP contribution in [0.4, 0.5) is 4.39 Å². The van der Waals surface area contributed by atoms with Crippen LogP contribution >= 0.6 is 11.6 Å². The molecule has 0 saturated heterocycles. The van der Waals surface area contributed by atoms with Gasteiger partial charge < -0.3 is 5.73 Å². The van der Waals surface area contributed by atoms with Crippen molar-refractivity contribution in [3.63, 3.8) is 0 Å². The van der Waals surface area contributed by atoms with Gasteiger partial charge >= 0.3 is 0 Å². The lowest BCUT2D eigenvalue weighted by Gasteiger charge is -2.14. The molecule has 0 radical (unpaired) electrons. The van der Waals surface area contributed by atoms with Crippen molar-refractivity contribution in [1.29, 1.82) is 0 Å². The Labute approximate surface area is 101 Å². The Kier molecular flexibility index (Phi) is 2.97. The van der Waals surface area contributed by atoms with Crippen LogP contribution < -0.4 is 5.73 Å². The molecule has 1 fully saturated rings. The lowest BCUT2D eigenvalue weighted by molar-refractivity contribution is 0.469. The molecule has 88 valence electrons. The van der Waals surface area contributed by atoms with E-state index in [1.165, 1.54) is 0 Å². The van der Waals surface area contributed by atoms with E-state index in [4.69, 9.17) is 17.3 Å². The minimum atomic E-state index is -0.321. The Morgan fingerprint density at radius 3 is 2.75 bits per heavy atom. The van der Waals surface area contributed by atoms with E-state index < -0.39 is 0 Å². The molecule has 1 aromatic carbocycles. The molecule has 0 bridgehead atoms. The summed E-state index contributed by atoms with van der Waals surface area (Å²) in [5, 5.41) is 0.180. The Hall–Kier alpha value is -0.600. The summed E-state index contributed by atoms with van der Waals surface area (Å²) in [5.41, 5.74) is 7.05. The molecule has 3 heteroatoms. The Balaban J connectivity index is 2.07. The van der Waals surface area contributed by atoms with E-state index in [0.29, 0.717) is 23.3 Å². The van der Waals surface area contributed by atoms with Gasteiger partial charge in [0.05, 0.1) is 5.02 Å². The number of hydrogen-bond donors (Lipinski definition) is 1. The largest absolute Gasteiger partial charge is 0.327 e. The normalized spacial score (nSPS) is 24.2. The molecule has 1 nitrogen and oxygen atoms in total. The van der Waals surface area contributed by atoms with Gasteiger partial charge in [0.1, 0.15) is 5.82 Å². The maximum Gasteiger partial charge on any atom is 0.145 e. The van der Waals surface area contributed by atoms with Crippen molar-refractivity contribution in [2.24, 2.45) is 17.1 Å². The van der Waals surface area contributed by atoms with Gasteiger partial charge in [0, 0.05) is 6.04 Å². The van der Waals surface area contributed by atoms with Crippen molar-refractivity contribution in [3.8, 4) is 0 Å². The zero-order valence-electron chi connectivity index (χ0n) is 9.63. The molecule has 2 N–H and O–H groups in total. The lowest BCUT2D eigenvalue weighted by atomic mass is 9.98. The van der Waals surface area contributed by atoms with Crippen molar-refractivity contribution in [3.05, 3.63) is 34.6 Å². The number of halogens is 2. The molecule has 0 aliphatic heterocycles. The van der Waals surface area contributed by atoms with Gasteiger partial charge in [-0.2, -0.15) is 0 Å². The number of nitrogens with two attached hydrogens (primary N) is 1. The highest BCUT2D eigenvalue weighted by Crippen LogP contribution is 2.53. The van der Waals surface area contributed by atoms with Crippen LogP contribution in [0.5, 0.6) is 0 Å². The first-order valence-corrected chi connectivity index (χ1v) is 5.98. The van der Waals surface area contributed by atoms with Crippen LogP contribution in [0.15, 0.2) is 18.2 Å². The maximum absolute atomic E-state index is 13.7. The number of rotatable bonds is 3. The number of benzene rings is 1. The van der Waals surface area contributed by atoms with E-state index in [9.17, 15) is 4.39 Å². The van der Waals surface area contributed by atoms with Gasteiger partial charge in [0.2, 0.25) is 0 Å². The smallest absolute Gasteiger partial charge is 0.145 e. The topological polar surface area (TPSA) is 26.0 Å². The van der Waals surface area contributed by atoms with Gasteiger partial charge in [-0.05, 0) is 35.8 Å². The molecule has 1 saturated carbocycles. The maximum atomic E-state index is 13.7. The molecule has 1 aromatic rings. The fourth-order valence-electron chi connectivity index (χ4n) is 2.34. The summed E-state index contributed by atoms with van der Waals surface area (Å²) in [5.74, 6) is 0.184. The molecule has 0 amide bonds. The molecule has 2 unspecified atom stereocenters. The summed E-state index contributed by atoms with van der Waals surface area (Å²) in [7, 11) is 0. The minimum absolute atomic E-state index is 0.0305. The highest BCUT2D eigenvalue weighted by molar-refractivity contribution is 6.30. The second kappa shape index (κ2) is 4.01. The first kappa shape index (κ1) is 11.9. The second-order valence-electron chi connectivity index (χ2n) is 5.38. The van der Waals surface area contributed by atoms with Crippen molar-refractivity contribution in [2.75, 3.05) is 0 Å². The summed E-state index contributed by atoms with van der Waals surface area (Å²) in [6, 6.07) is 5.12. The SMILES string of the molecule is CC1(C)CC1C(N)Cc1cccc(Cl)c1F. The zero-order chi connectivity index (χ0) is 11.9. The van der Waals surface area contributed by atoms with Crippen LogP contribution in [0.1, 0.15) is 25.8 Å². The predicted molar refractivity (Wildman–Crippen MR) is 65.0 cm³/mol. The van der Waals surface area contributed by atoms with Crippen LogP contribution in [0.3, 0.4) is 0 Å². The van der Waals surface area contributed by atoms with Crippen molar-refractivity contribution in [1.82, 2.24) is 0 Å². The standard InChI is InChI=1S/C13H17ClFN/c1-13(2)7-9(13)11(16)6-8-4-3-5-10(14)12(8)15/h3-5,9,11H,6-7,16H2,1-2H3. The van der Waals surface area contributed by atoms with E-state index in [0.717, 1.165) is 6.42 Å². The molecule has 2 atom stereocenters. The Morgan fingerprint density at radius 1 is 1.56 bits per heavy atom. The number of hydrogen-bond acceptors (Lipinski definition) is 1. The highest BCUT2D eigenvalue weighted by atomic mass is 35.5. The molecular formula is C13H17ClFN. The molecule has 0 aromatic heterocycles. The molecule has 0 heterocycles. The average molecular weight is 242 g/mol. The summed E-state index contributed by atoms with van der Waals surface area (Å²) in [6.07, 6.45) is 1.71. The molecule has 16 heavy (non-hydrogen) atoms. The average Bonchev–Trinajstić information content (AvgIpc) is 2.83.